The van der Waals surface area contributed by atoms with E-state index in [9.17, 15) is 4.79 Å². The van der Waals surface area contributed by atoms with Gasteiger partial charge in [-0.2, -0.15) is 0 Å². The van der Waals surface area contributed by atoms with E-state index in [1.54, 1.807) is 0 Å². The molecule has 1 saturated carbocycles. The molecular weight excluding hydrogens is 204 g/mol. The van der Waals surface area contributed by atoms with Crippen LogP contribution in [0.2, 0.25) is 0 Å². The minimum Gasteiger partial charge on any atom is -0.447 e. The largest absolute Gasteiger partial charge is 0.447 e. The number of rotatable bonds is 4. The Bertz CT molecular complexity index is 233. The van der Waals surface area contributed by atoms with Crippen molar-refractivity contribution >= 4 is 6.09 Å². The molecule has 0 bridgehead atoms. The van der Waals surface area contributed by atoms with Gasteiger partial charge in [-0.25, -0.2) is 4.79 Å². The number of nitrogens with zero attached hydrogens (tertiary/aromatic N) is 1. The molecule has 0 aliphatic heterocycles. The quantitative estimate of drug-likeness (QED) is 0.800. The van der Waals surface area contributed by atoms with E-state index in [1.165, 1.54) is 12.8 Å². The van der Waals surface area contributed by atoms with Crippen LogP contribution in [0.5, 0.6) is 0 Å². The van der Waals surface area contributed by atoms with Crippen molar-refractivity contribution < 1.29 is 9.53 Å². The first-order valence-corrected chi connectivity index (χ1v) is 6.08. The molecule has 0 spiro atoms. The van der Waals surface area contributed by atoms with E-state index in [2.05, 4.69) is 24.3 Å². The highest BCUT2D eigenvalue weighted by atomic mass is 16.6. The molecule has 1 amide bonds. The minimum atomic E-state index is -0.303. The molecule has 0 aromatic carbocycles. The lowest BCUT2D eigenvalue weighted by atomic mass is 9.96. The van der Waals surface area contributed by atoms with Gasteiger partial charge in [-0.1, -0.05) is 12.8 Å². The van der Waals surface area contributed by atoms with E-state index in [4.69, 9.17) is 4.74 Å². The van der Waals surface area contributed by atoms with E-state index in [1.807, 2.05) is 13.8 Å². The Morgan fingerprint density at radius 2 is 1.94 bits per heavy atom. The SMILES string of the molecule is CC(C)OC(=O)NCC1(N(C)C)CCCC1. The summed E-state index contributed by atoms with van der Waals surface area (Å²) >= 11 is 0. The zero-order valence-electron chi connectivity index (χ0n) is 10.9. The summed E-state index contributed by atoms with van der Waals surface area (Å²) in [6.07, 6.45) is 4.45. The van der Waals surface area contributed by atoms with E-state index in [-0.39, 0.29) is 17.7 Å². The molecular formula is C12H24N2O2. The fourth-order valence-electron chi connectivity index (χ4n) is 2.31. The Morgan fingerprint density at radius 1 is 1.38 bits per heavy atom. The number of carbonyl (C=O) groups is 1. The van der Waals surface area contributed by atoms with Crippen LogP contribution in [0.15, 0.2) is 0 Å². The number of ether oxygens (including phenoxy) is 1. The maximum absolute atomic E-state index is 11.4. The molecule has 1 aliphatic rings. The molecule has 16 heavy (non-hydrogen) atoms. The van der Waals surface area contributed by atoms with E-state index in [0.29, 0.717) is 6.54 Å². The summed E-state index contributed by atoms with van der Waals surface area (Å²) in [7, 11) is 4.17. The Labute approximate surface area is 98.3 Å². The first-order chi connectivity index (χ1) is 7.46. The van der Waals surface area contributed by atoms with Crippen LogP contribution in [0.4, 0.5) is 4.79 Å². The number of carbonyl (C=O) groups excluding carboxylic acids is 1. The van der Waals surface area contributed by atoms with Crippen molar-refractivity contribution in [3.05, 3.63) is 0 Å². The van der Waals surface area contributed by atoms with E-state index < -0.39 is 0 Å². The summed E-state index contributed by atoms with van der Waals surface area (Å²) in [4.78, 5) is 13.7. The molecule has 0 unspecified atom stereocenters. The van der Waals surface area contributed by atoms with Gasteiger partial charge >= 0.3 is 6.09 Å². The summed E-state index contributed by atoms with van der Waals surface area (Å²) in [6.45, 7) is 4.40. The summed E-state index contributed by atoms with van der Waals surface area (Å²) < 4.78 is 5.07. The summed E-state index contributed by atoms with van der Waals surface area (Å²) in [6, 6.07) is 0. The highest BCUT2D eigenvalue weighted by molar-refractivity contribution is 5.67. The van der Waals surface area contributed by atoms with Crippen molar-refractivity contribution in [1.82, 2.24) is 10.2 Å². The van der Waals surface area contributed by atoms with Crippen LogP contribution in [0.1, 0.15) is 39.5 Å². The molecule has 0 atom stereocenters. The smallest absolute Gasteiger partial charge is 0.407 e. The van der Waals surface area contributed by atoms with Crippen LogP contribution in [-0.4, -0.2) is 43.3 Å². The van der Waals surface area contributed by atoms with Crippen molar-refractivity contribution in [2.24, 2.45) is 0 Å². The molecule has 0 aromatic rings. The van der Waals surface area contributed by atoms with Gasteiger partial charge in [0.1, 0.15) is 0 Å². The van der Waals surface area contributed by atoms with Gasteiger partial charge in [0.25, 0.3) is 0 Å². The lowest BCUT2D eigenvalue weighted by Crippen LogP contribution is -2.51. The second kappa shape index (κ2) is 5.53. The van der Waals surface area contributed by atoms with E-state index >= 15 is 0 Å². The van der Waals surface area contributed by atoms with Crippen molar-refractivity contribution in [3.63, 3.8) is 0 Å². The van der Waals surface area contributed by atoms with Gasteiger partial charge in [0.2, 0.25) is 0 Å². The molecule has 0 radical (unpaired) electrons. The molecule has 4 nitrogen and oxygen atoms in total. The third-order valence-electron chi connectivity index (χ3n) is 3.39. The fraction of sp³-hybridized carbons (Fsp3) is 0.917. The van der Waals surface area contributed by atoms with Crippen molar-refractivity contribution in [1.29, 1.82) is 0 Å². The first-order valence-electron chi connectivity index (χ1n) is 6.08. The Morgan fingerprint density at radius 3 is 2.38 bits per heavy atom. The molecule has 1 rings (SSSR count). The van der Waals surface area contributed by atoms with Crippen molar-refractivity contribution in [2.45, 2.75) is 51.2 Å². The van der Waals surface area contributed by atoms with Crippen molar-refractivity contribution in [3.8, 4) is 0 Å². The Kier molecular flexibility index (Phi) is 4.59. The zero-order chi connectivity index (χ0) is 12.2. The predicted octanol–water partition coefficient (Wildman–Crippen LogP) is 2.00. The van der Waals surface area contributed by atoms with Crippen LogP contribution >= 0.6 is 0 Å². The summed E-state index contributed by atoms with van der Waals surface area (Å²) in [5.41, 5.74) is 0.135. The van der Waals surface area contributed by atoms with Gasteiger partial charge in [0.05, 0.1) is 6.10 Å². The lowest BCUT2D eigenvalue weighted by molar-refractivity contribution is 0.102. The Hall–Kier alpha value is -0.770. The van der Waals surface area contributed by atoms with Gasteiger partial charge in [-0.05, 0) is 40.8 Å². The van der Waals surface area contributed by atoms with E-state index in [0.717, 1.165) is 12.8 Å². The second-order valence-electron chi connectivity index (χ2n) is 5.13. The normalized spacial score (nSPS) is 19.1. The number of amides is 1. The summed E-state index contributed by atoms with van der Waals surface area (Å²) in [5.74, 6) is 0. The van der Waals surface area contributed by atoms with Gasteiger partial charge in [0.15, 0.2) is 0 Å². The maximum atomic E-state index is 11.4. The molecule has 1 aliphatic carbocycles. The van der Waals surface area contributed by atoms with Crippen molar-refractivity contribution in [2.75, 3.05) is 20.6 Å². The zero-order valence-corrected chi connectivity index (χ0v) is 10.9. The highest BCUT2D eigenvalue weighted by Crippen LogP contribution is 2.33. The van der Waals surface area contributed by atoms with Crippen LogP contribution in [0.3, 0.4) is 0 Å². The van der Waals surface area contributed by atoms with Gasteiger partial charge < -0.3 is 15.0 Å². The highest BCUT2D eigenvalue weighted by Gasteiger charge is 2.36. The van der Waals surface area contributed by atoms with Gasteiger partial charge in [0, 0.05) is 12.1 Å². The first kappa shape index (κ1) is 13.3. The van der Waals surface area contributed by atoms with Crippen LogP contribution in [0.25, 0.3) is 0 Å². The molecule has 0 saturated heterocycles. The molecule has 1 N–H and O–H groups in total. The molecule has 4 heteroatoms. The third-order valence-corrected chi connectivity index (χ3v) is 3.39. The Balaban J connectivity index is 2.42. The molecule has 94 valence electrons. The second-order valence-corrected chi connectivity index (χ2v) is 5.13. The summed E-state index contributed by atoms with van der Waals surface area (Å²) in [5, 5.41) is 2.88. The topological polar surface area (TPSA) is 41.6 Å². The average molecular weight is 228 g/mol. The van der Waals surface area contributed by atoms with Crippen LogP contribution < -0.4 is 5.32 Å². The number of nitrogens with one attached hydrogen (secondary N) is 1. The predicted molar refractivity (Wildman–Crippen MR) is 64.5 cm³/mol. The van der Waals surface area contributed by atoms with Crippen LogP contribution in [0, 0.1) is 0 Å². The van der Waals surface area contributed by atoms with Gasteiger partial charge in [-0.15, -0.1) is 0 Å². The fourth-order valence-corrected chi connectivity index (χ4v) is 2.31. The number of likely N-dealkylation sites (N-methyl/N-ethyl adjacent to an activating group) is 1. The molecule has 0 heterocycles. The lowest BCUT2D eigenvalue weighted by Gasteiger charge is -2.36. The maximum Gasteiger partial charge on any atom is 0.407 e. The standard InChI is InChI=1S/C12H24N2O2/c1-10(2)16-11(15)13-9-12(14(3)4)7-5-6-8-12/h10H,5-9H2,1-4H3,(H,13,15). The van der Waals surface area contributed by atoms with Gasteiger partial charge in [-0.3, -0.25) is 0 Å². The number of hydrogen-bond acceptors (Lipinski definition) is 3. The number of alkyl carbamates (subject to hydrolysis) is 1. The van der Waals surface area contributed by atoms with Crippen LogP contribution in [-0.2, 0) is 4.74 Å². The third kappa shape index (κ3) is 3.37. The monoisotopic (exact) mass is 228 g/mol. The number of hydrogen-bond donors (Lipinski definition) is 1. The molecule has 1 fully saturated rings. The average Bonchev–Trinajstić information content (AvgIpc) is 2.63. The minimum absolute atomic E-state index is 0.0566. The molecule has 0 aromatic heterocycles.